The van der Waals surface area contributed by atoms with Gasteiger partial charge in [-0.15, -0.1) is 11.3 Å². The van der Waals surface area contributed by atoms with Crippen molar-refractivity contribution in [3.63, 3.8) is 0 Å². The Morgan fingerprint density at radius 2 is 2.07 bits per heavy atom. The molecule has 3 aromatic heterocycles. The summed E-state index contributed by atoms with van der Waals surface area (Å²) in [6.45, 7) is 10.6. The molecule has 1 amide bonds. The molecule has 0 radical (unpaired) electrons. The maximum Gasteiger partial charge on any atom is 0.246 e. The van der Waals surface area contributed by atoms with E-state index in [1.807, 2.05) is 53.7 Å². The van der Waals surface area contributed by atoms with Gasteiger partial charge in [0.05, 0.1) is 31.1 Å². The van der Waals surface area contributed by atoms with Crippen LogP contribution in [0.25, 0.3) is 11.9 Å². The van der Waals surface area contributed by atoms with Crippen molar-refractivity contribution in [3.05, 3.63) is 63.3 Å². The maximum atomic E-state index is 12.7. The highest BCUT2D eigenvalue weighted by Gasteiger charge is 2.22. The second-order valence-electron chi connectivity index (χ2n) is 7.62. The summed E-state index contributed by atoms with van der Waals surface area (Å²) in [4.78, 5) is 17.6. The van der Waals surface area contributed by atoms with Gasteiger partial charge in [0.15, 0.2) is 5.82 Å². The number of piperazine rings is 1. The van der Waals surface area contributed by atoms with Crippen LogP contribution in [0.4, 0.5) is 0 Å². The van der Waals surface area contributed by atoms with Crippen LogP contribution < -0.4 is 4.90 Å². The minimum atomic E-state index is 0.0854. The molecule has 0 atom stereocenters. The lowest BCUT2D eigenvalue weighted by Gasteiger charge is -2.31. The first kappa shape index (κ1) is 19.7. The van der Waals surface area contributed by atoms with Crippen molar-refractivity contribution in [3.8, 4) is 5.82 Å². The van der Waals surface area contributed by atoms with Crippen LogP contribution in [0.5, 0.6) is 0 Å². The first-order valence-corrected chi connectivity index (χ1v) is 10.8. The normalized spacial score (nSPS) is 15.5. The van der Waals surface area contributed by atoms with Gasteiger partial charge in [-0.25, -0.2) is 0 Å². The van der Waals surface area contributed by atoms with Gasteiger partial charge in [0.1, 0.15) is 12.3 Å². The van der Waals surface area contributed by atoms with Crippen molar-refractivity contribution in [2.24, 2.45) is 0 Å². The molecule has 1 N–H and O–H groups in total. The molecule has 0 saturated carbocycles. The van der Waals surface area contributed by atoms with E-state index in [0.717, 1.165) is 61.3 Å². The molecule has 0 aromatic carbocycles. The summed E-state index contributed by atoms with van der Waals surface area (Å²) in [6, 6.07) is 8.28. The lowest BCUT2D eigenvalue weighted by molar-refractivity contribution is -0.917. The molecule has 7 heteroatoms. The molecule has 1 aliphatic rings. The van der Waals surface area contributed by atoms with Crippen LogP contribution >= 0.6 is 11.3 Å². The van der Waals surface area contributed by atoms with Crippen LogP contribution in [-0.2, 0) is 11.3 Å². The number of rotatable bonds is 5. The second kappa shape index (κ2) is 8.39. The summed E-state index contributed by atoms with van der Waals surface area (Å²) in [7, 11) is 0. The summed E-state index contributed by atoms with van der Waals surface area (Å²) in [6.07, 6.45) is 3.61. The largest absolute Gasteiger partial charge is 0.360 e. The quantitative estimate of drug-likeness (QED) is 0.656. The second-order valence-corrected chi connectivity index (χ2v) is 8.65. The van der Waals surface area contributed by atoms with Crippen molar-refractivity contribution in [1.82, 2.24) is 14.6 Å². The number of nitrogens with one attached hydrogen (secondary N) is 1. The third-order valence-electron chi connectivity index (χ3n) is 5.51. The van der Waals surface area contributed by atoms with Crippen LogP contribution in [0.15, 0.2) is 40.2 Å². The minimum absolute atomic E-state index is 0.0854. The summed E-state index contributed by atoms with van der Waals surface area (Å²) in [5, 5.41) is 6.24. The number of quaternary nitrogens is 1. The lowest BCUT2D eigenvalue weighted by Crippen LogP contribution is -3.13. The molecular weight excluding hydrogens is 384 g/mol. The van der Waals surface area contributed by atoms with Crippen LogP contribution in [0.3, 0.4) is 0 Å². The summed E-state index contributed by atoms with van der Waals surface area (Å²) in [5.74, 6) is 1.63. The predicted molar refractivity (Wildman–Crippen MR) is 114 cm³/mol. The van der Waals surface area contributed by atoms with Crippen LogP contribution in [0.1, 0.15) is 27.6 Å². The van der Waals surface area contributed by atoms with E-state index in [1.54, 1.807) is 11.0 Å². The number of nitrogens with zero attached hydrogens (tertiary/aromatic N) is 3. The molecule has 0 spiro atoms. The van der Waals surface area contributed by atoms with Crippen molar-refractivity contribution in [2.75, 3.05) is 26.2 Å². The Kier molecular flexibility index (Phi) is 5.69. The zero-order chi connectivity index (χ0) is 20.4. The fourth-order valence-electron chi connectivity index (χ4n) is 3.91. The molecule has 1 saturated heterocycles. The van der Waals surface area contributed by atoms with Gasteiger partial charge in [-0.1, -0.05) is 11.2 Å². The molecule has 0 unspecified atom stereocenters. The molecule has 1 aliphatic heterocycles. The van der Waals surface area contributed by atoms with E-state index in [4.69, 9.17) is 4.52 Å². The molecule has 3 aromatic rings. The number of thiophene rings is 1. The Bertz CT molecular complexity index is 1010. The molecule has 0 aliphatic carbocycles. The minimum Gasteiger partial charge on any atom is -0.360 e. The molecule has 0 bridgehead atoms. The number of hydrogen-bond acceptors (Lipinski definition) is 4. The summed E-state index contributed by atoms with van der Waals surface area (Å²) < 4.78 is 7.26. The van der Waals surface area contributed by atoms with Gasteiger partial charge in [0, 0.05) is 23.5 Å². The molecule has 1 fully saturated rings. The van der Waals surface area contributed by atoms with Gasteiger partial charge >= 0.3 is 0 Å². The van der Waals surface area contributed by atoms with Gasteiger partial charge in [0.2, 0.25) is 5.91 Å². The highest BCUT2D eigenvalue weighted by Crippen LogP contribution is 2.21. The number of amides is 1. The predicted octanol–water partition coefficient (Wildman–Crippen LogP) is 2.39. The SMILES string of the molecule is Cc1cc(-n2c(C)cc(/C=C/C(=O)N3CC[NH+](Cc4cccs4)CC3)c2C)no1. The number of carbonyl (C=O) groups is 1. The first-order valence-electron chi connectivity index (χ1n) is 9.97. The third kappa shape index (κ3) is 4.36. The third-order valence-corrected chi connectivity index (χ3v) is 6.38. The molecule has 152 valence electrons. The fraction of sp³-hybridized carbons (Fsp3) is 0.364. The van der Waals surface area contributed by atoms with Gasteiger partial charge in [0.25, 0.3) is 0 Å². The molecule has 6 nitrogen and oxygen atoms in total. The van der Waals surface area contributed by atoms with Crippen molar-refractivity contribution in [2.45, 2.75) is 27.3 Å². The topological polar surface area (TPSA) is 55.7 Å². The highest BCUT2D eigenvalue weighted by atomic mass is 32.1. The Morgan fingerprint density at radius 3 is 2.72 bits per heavy atom. The summed E-state index contributed by atoms with van der Waals surface area (Å²) >= 11 is 1.81. The smallest absolute Gasteiger partial charge is 0.246 e. The van der Waals surface area contributed by atoms with E-state index < -0.39 is 0 Å². The van der Waals surface area contributed by atoms with E-state index in [2.05, 4.69) is 28.7 Å². The number of aryl methyl sites for hydroxylation is 2. The Morgan fingerprint density at radius 1 is 1.28 bits per heavy atom. The average molecular weight is 412 g/mol. The van der Waals surface area contributed by atoms with Crippen molar-refractivity contribution in [1.29, 1.82) is 0 Å². The first-order chi connectivity index (χ1) is 14.0. The van der Waals surface area contributed by atoms with E-state index in [0.29, 0.717) is 0 Å². The standard InChI is InChI=1S/C22H26N4O2S/c1-16-13-19(18(3)26(16)21-14-17(2)28-23-21)6-7-22(27)25-10-8-24(9-11-25)15-20-5-4-12-29-20/h4-7,12-14H,8-11,15H2,1-3H3/p+1/b7-6+. The fourth-order valence-corrected chi connectivity index (χ4v) is 4.69. The van der Waals surface area contributed by atoms with Crippen LogP contribution in [0, 0.1) is 20.8 Å². The monoisotopic (exact) mass is 411 g/mol. The maximum absolute atomic E-state index is 12.7. The van der Waals surface area contributed by atoms with E-state index >= 15 is 0 Å². The zero-order valence-corrected chi connectivity index (χ0v) is 18.0. The van der Waals surface area contributed by atoms with Gasteiger partial charge in [-0.3, -0.25) is 9.36 Å². The van der Waals surface area contributed by atoms with E-state index in [9.17, 15) is 4.79 Å². The Labute approximate surface area is 175 Å². The number of hydrogen-bond donors (Lipinski definition) is 1. The van der Waals surface area contributed by atoms with E-state index in [-0.39, 0.29) is 5.91 Å². The molecular formula is C22H27N4O2S+. The zero-order valence-electron chi connectivity index (χ0n) is 17.1. The van der Waals surface area contributed by atoms with Crippen LogP contribution in [0.2, 0.25) is 0 Å². The average Bonchev–Trinajstić information content (AvgIpc) is 3.42. The lowest BCUT2D eigenvalue weighted by atomic mass is 10.2. The van der Waals surface area contributed by atoms with Crippen molar-refractivity contribution >= 4 is 23.3 Å². The molecule has 29 heavy (non-hydrogen) atoms. The molecule has 4 rings (SSSR count). The van der Waals surface area contributed by atoms with Gasteiger partial charge < -0.3 is 14.3 Å². The van der Waals surface area contributed by atoms with Gasteiger partial charge in [-0.2, -0.15) is 0 Å². The number of aromatic nitrogens is 2. The Hall–Kier alpha value is -2.64. The summed E-state index contributed by atoms with van der Waals surface area (Å²) in [5.41, 5.74) is 3.14. The van der Waals surface area contributed by atoms with Crippen molar-refractivity contribution < 1.29 is 14.2 Å². The molecule has 4 heterocycles. The highest BCUT2D eigenvalue weighted by molar-refractivity contribution is 7.09. The van der Waals surface area contributed by atoms with E-state index in [1.165, 1.54) is 4.88 Å². The Balaban J connectivity index is 1.38. The van der Waals surface area contributed by atoms with Crippen LogP contribution in [-0.4, -0.2) is 46.7 Å². The van der Waals surface area contributed by atoms with Gasteiger partial charge in [-0.05, 0) is 49.9 Å². The number of carbonyl (C=O) groups excluding carboxylic acids is 1.